The maximum Gasteiger partial charge on any atom is 0.273 e. The molecule has 0 bridgehead atoms. The van der Waals surface area contributed by atoms with E-state index in [1.54, 1.807) is 11.8 Å². The normalized spacial score (nSPS) is 18.8. The third-order valence-electron chi connectivity index (χ3n) is 2.92. The average Bonchev–Trinajstić information content (AvgIpc) is 2.41. The maximum atomic E-state index is 12.0. The van der Waals surface area contributed by atoms with Crippen molar-refractivity contribution in [3.05, 3.63) is 28.3 Å². The number of aromatic hydroxyl groups is 1. The zero-order valence-corrected chi connectivity index (χ0v) is 11.0. The number of carbonyl (C=O) groups excluding carboxylic acids is 1. The lowest BCUT2D eigenvalue weighted by molar-refractivity contribution is -0.384. The fourth-order valence-corrected chi connectivity index (χ4v) is 3.10. The summed E-state index contributed by atoms with van der Waals surface area (Å²) in [6.07, 6.45) is 2.97. The van der Waals surface area contributed by atoms with Crippen LogP contribution >= 0.6 is 11.8 Å². The summed E-state index contributed by atoms with van der Waals surface area (Å²) in [7, 11) is 0. The minimum atomic E-state index is -0.595. The second-order valence-corrected chi connectivity index (χ2v) is 5.61. The van der Waals surface area contributed by atoms with E-state index in [4.69, 9.17) is 0 Å². The van der Waals surface area contributed by atoms with Gasteiger partial charge in [0.2, 0.25) is 5.91 Å². The van der Waals surface area contributed by atoms with Gasteiger partial charge in [0, 0.05) is 6.07 Å². The molecule has 6 nitrogen and oxygen atoms in total. The van der Waals surface area contributed by atoms with Crippen molar-refractivity contribution in [3.8, 4) is 5.75 Å². The molecular formula is C12H14N2O4S. The Hall–Kier alpha value is -1.76. The molecule has 1 atom stereocenters. The number of nitro groups is 1. The Labute approximate surface area is 114 Å². The third kappa shape index (κ3) is 3.37. The van der Waals surface area contributed by atoms with Crippen molar-refractivity contribution in [3.63, 3.8) is 0 Å². The molecule has 0 aliphatic carbocycles. The number of nitrogens with zero attached hydrogens (tertiary/aromatic N) is 1. The molecule has 0 radical (unpaired) electrons. The molecule has 1 aliphatic rings. The molecule has 102 valence electrons. The lowest BCUT2D eigenvalue weighted by Gasteiger charge is -2.20. The van der Waals surface area contributed by atoms with Crippen LogP contribution < -0.4 is 5.32 Å². The predicted molar refractivity (Wildman–Crippen MR) is 73.5 cm³/mol. The third-order valence-corrected chi connectivity index (χ3v) is 4.30. The molecule has 0 spiro atoms. The number of nitrogens with one attached hydrogen (secondary N) is 1. The van der Waals surface area contributed by atoms with Crippen molar-refractivity contribution in [2.24, 2.45) is 0 Å². The van der Waals surface area contributed by atoms with Crippen LogP contribution in [0.1, 0.15) is 19.3 Å². The van der Waals surface area contributed by atoms with Gasteiger partial charge in [0.05, 0.1) is 21.9 Å². The summed E-state index contributed by atoms with van der Waals surface area (Å²) in [6, 6.07) is 3.63. The quantitative estimate of drug-likeness (QED) is 0.505. The molecule has 2 N–H and O–H groups in total. The predicted octanol–water partition coefficient (Wildman–Crippen LogP) is 2.52. The molecule has 2 rings (SSSR count). The summed E-state index contributed by atoms with van der Waals surface area (Å²) in [5.74, 6) is 0.516. The SMILES string of the molecule is O=C(Nc1ccc([N+](=O)[O-])cc1O)C1CCCCS1. The van der Waals surface area contributed by atoms with Crippen molar-refractivity contribution in [1.82, 2.24) is 0 Å². The van der Waals surface area contributed by atoms with E-state index < -0.39 is 4.92 Å². The second kappa shape index (κ2) is 5.92. The van der Waals surface area contributed by atoms with E-state index in [1.165, 1.54) is 12.1 Å². The molecule has 7 heteroatoms. The van der Waals surface area contributed by atoms with Crippen LogP contribution in [-0.4, -0.2) is 26.9 Å². The van der Waals surface area contributed by atoms with Gasteiger partial charge >= 0.3 is 0 Å². The Morgan fingerprint density at radius 1 is 1.47 bits per heavy atom. The van der Waals surface area contributed by atoms with Gasteiger partial charge in [0.25, 0.3) is 5.69 Å². The first-order valence-corrected chi connectivity index (χ1v) is 7.02. The van der Waals surface area contributed by atoms with E-state index in [0.717, 1.165) is 31.1 Å². The Balaban J connectivity index is 2.06. The fraction of sp³-hybridized carbons (Fsp3) is 0.417. The number of non-ortho nitro benzene ring substituents is 1. The standard InChI is InChI=1S/C12H14N2O4S/c15-10-7-8(14(17)18)4-5-9(10)13-12(16)11-3-1-2-6-19-11/h4-5,7,11,15H,1-3,6H2,(H,13,16). The van der Waals surface area contributed by atoms with E-state index in [9.17, 15) is 20.0 Å². The molecule has 1 amide bonds. The number of rotatable bonds is 3. The summed E-state index contributed by atoms with van der Waals surface area (Å²) in [5.41, 5.74) is 0.00399. The van der Waals surface area contributed by atoms with Crippen molar-refractivity contribution in [2.45, 2.75) is 24.5 Å². The van der Waals surface area contributed by atoms with Crippen molar-refractivity contribution < 1.29 is 14.8 Å². The summed E-state index contributed by atoms with van der Waals surface area (Å²) in [6.45, 7) is 0. The first-order chi connectivity index (χ1) is 9.08. The number of phenolic OH excluding ortho intramolecular Hbond substituents is 1. The number of benzene rings is 1. The van der Waals surface area contributed by atoms with Crippen LogP contribution in [-0.2, 0) is 4.79 Å². The lowest BCUT2D eigenvalue weighted by Crippen LogP contribution is -2.27. The molecule has 1 heterocycles. The number of nitro benzene ring substituents is 1. The van der Waals surface area contributed by atoms with Gasteiger partial charge in [-0.2, -0.15) is 0 Å². The highest BCUT2D eigenvalue weighted by Crippen LogP contribution is 2.30. The number of hydrogen-bond acceptors (Lipinski definition) is 5. The van der Waals surface area contributed by atoms with Gasteiger partial charge in [-0.25, -0.2) is 0 Å². The summed E-state index contributed by atoms with van der Waals surface area (Å²) >= 11 is 1.60. The van der Waals surface area contributed by atoms with Gasteiger partial charge in [-0.1, -0.05) is 6.42 Å². The number of anilines is 1. The van der Waals surface area contributed by atoms with Gasteiger partial charge in [-0.15, -0.1) is 11.8 Å². The lowest BCUT2D eigenvalue weighted by atomic mass is 10.1. The highest BCUT2D eigenvalue weighted by Gasteiger charge is 2.22. The molecule has 1 aliphatic heterocycles. The highest BCUT2D eigenvalue weighted by molar-refractivity contribution is 8.00. The zero-order chi connectivity index (χ0) is 13.8. The largest absolute Gasteiger partial charge is 0.506 e. The minimum absolute atomic E-state index is 0.108. The summed E-state index contributed by atoms with van der Waals surface area (Å²) in [5, 5.41) is 22.7. The number of hydrogen-bond donors (Lipinski definition) is 2. The van der Waals surface area contributed by atoms with Crippen LogP contribution in [0.2, 0.25) is 0 Å². The van der Waals surface area contributed by atoms with E-state index in [0.29, 0.717) is 0 Å². The molecule has 1 unspecified atom stereocenters. The van der Waals surface area contributed by atoms with Crippen LogP contribution in [0.3, 0.4) is 0 Å². The van der Waals surface area contributed by atoms with E-state index in [1.807, 2.05) is 0 Å². The van der Waals surface area contributed by atoms with Gasteiger partial charge in [0.1, 0.15) is 5.75 Å². The first kappa shape index (κ1) is 13.7. The topological polar surface area (TPSA) is 92.5 Å². The van der Waals surface area contributed by atoms with Crippen LogP contribution in [0.4, 0.5) is 11.4 Å². The van der Waals surface area contributed by atoms with Gasteiger partial charge in [-0.3, -0.25) is 14.9 Å². The van der Waals surface area contributed by atoms with Crippen LogP contribution in [0.15, 0.2) is 18.2 Å². The maximum absolute atomic E-state index is 12.0. The molecule has 19 heavy (non-hydrogen) atoms. The van der Waals surface area contributed by atoms with Crippen molar-refractivity contribution in [1.29, 1.82) is 0 Å². The van der Waals surface area contributed by atoms with Gasteiger partial charge < -0.3 is 10.4 Å². The Kier molecular flexibility index (Phi) is 4.26. The van der Waals surface area contributed by atoms with E-state index >= 15 is 0 Å². The van der Waals surface area contributed by atoms with Gasteiger partial charge in [0.15, 0.2) is 0 Å². The molecule has 1 fully saturated rings. The number of carbonyl (C=O) groups is 1. The minimum Gasteiger partial charge on any atom is -0.506 e. The number of thioether (sulfide) groups is 1. The smallest absolute Gasteiger partial charge is 0.273 e. The Morgan fingerprint density at radius 2 is 2.26 bits per heavy atom. The zero-order valence-electron chi connectivity index (χ0n) is 10.2. The van der Waals surface area contributed by atoms with Crippen LogP contribution in [0, 0.1) is 10.1 Å². The molecular weight excluding hydrogens is 268 g/mol. The second-order valence-electron chi connectivity index (χ2n) is 4.30. The Bertz CT molecular complexity index is 501. The monoisotopic (exact) mass is 282 g/mol. The first-order valence-electron chi connectivity index (χ1n) is 5.98. The fourth-order valence-electron chi connectivity index (χ4n) is 1.90. The average molecular weight is 282 g/mol. The molecule has 0 saturated carbocycles. The van der Waals surface area contributed by atoms with Crippen molar-refractivity contribution in [2.75, 3.05) is 11.1 Å². The number of amides is 1. The van der Waals surface area contributed by atoms with E-state index in [2.05, 4.69) is 5.32 Å². The number of phenols is 1. The van der Waals surface area contributed by atoms with Crippen LogP contribution in [0.5, 0.6) is 5.75 Å². The molecule has 0 aromatic heterocycles. The van der Waals surface area contributed by atoms with Gasteiger partial charge in [-0.05, 0) is 24.7 Å². The highest BCUT2D eigenvalue weighted by atomic mass is 32.2. The molecule has 1 aromatic carbocycles. The summed E-state index contributed by atoms with van der Waals surface area (Å²) < 4.78 is 0. The molecule has 1 saturated heterocycles. The summed E-state index contributed by atoms with van der Waals surface area (Å²) in [4.78, 5) is 21.9. The van der Waals surface area contributed by atoms with Crippen molar-refractivity contribution >= 4 is 29.0 Å². The Morgan fingerprint density at radius 3 is 2.84 bits per heavy atom. The van der Waals surface area contributed by atoms with Crippen LogP contribution in [0.25, 0.3) is 0 Å². The molecule has 1 aromatic rings. The van der Waals surface area contributed by atoms with E-state index in [-0.39, 0.29) is 28.3 Å².